The van der Waals surface area contributed by atoms with E-state index in [-0.39, 0.29) is 5.78 Å². The van der Waals surface area contributed by atoms with E-state index >= 15 is 0 Å². The normalized spacial score (nSPS) is 11.8. The Balaban J connectivity index is 2.27. The van der Waals surface area contributed by atoms with E-state index < -0.39 is 6.10 Å². The van der Waals surface area contributed by atoms with Gasteiger partial charge in [-0.2, -0.15) is 0 Å². The number of carbonyl (C=O) groups is 1. The van der Waals surface area contributed by atoms with Crippen molar-refractivity contribution in [3.8, 4) is 11.5 Å². The van der Waals surface area contributed by atoms with E-state index in [0.29, 0.717) is 29.2 Å². The molecule has 2 rings (SSSR count). The number of hydrogen-bond donors (Lipinski definition) is 1. The number of hydrogen-bond acceptors (Lipinski definition) is 4. The maximum absolute atomic E-state index is 12.8. The monoisotopic (exact) mass is 299 g/mol. The highest BCUT2D eigenvalue weighted by atomic mass is 16.5. The average molecular weight is 299 g/mol. The molecular weight excluding hydrogens is 278 g/mol. The van der Waals surface area contributed by atoms with E-state index in [4.69, 9.17) is 15.2 Å². The summed E-state index contributed by atoms with van der Waals surface area (Å²) in [7, 11) is 1.56. The second-order valence-electron chi connectivity index (χ2n) is 5.16. The highest BCUT2D eigenvalue weighted by Crippen LogP contribution is 2.24. The van der Waals surface area contributed by atoms with Crippen LogP contribution in [0.4, 0.5) is 5.69 Å². The first-order chi connectivity index (χ1) is 10.5. The number of ether oxygens (including phenoxy) is 2. The van der Waals surface area contributed by atoms with E-state index in [0.717, 1.165) is 5.56 Å². The molecule has 2 N–H and O–H groups in total. The van der Waals surface area contributed by atoms with Crippen LogP contribution in [0.5, 0.6) is 11.5 Å². The lowest BCUT2D eigenvalue weighted by atomic mass is 10.0. The Bertz CT molecular complexity index is 667. The summed E-state index contributed by atoms with van der Waals surface area (Å²) in [6, 6.07) is 12.6. The van der Waals surface area contributed by atoms with Crippen molar-refractivity contribution in [2.45, 2.75) is 26.4 Å². The van der Waals surface area contributed by atoms with Crippen LogP contribution in [0.15, 0.2) is 42.5 Å². The minimum absolute atomic E-state index is 0.0922. The molecule has 4 nitrogen and oxygen atoms in total. The zero-order valence-electron chi connectivity index (χ0n) is 13.1. The second kappa shape index (κ2) is 6.98. The quantitative estimate of drug-likeness (QED) is 0.653. The Morgan fingerprint density at radius 1 is 1.23 bits per heavy atom. The number of ketones is 1. The molecule has 0 aliphatic carbocycles. The third-order valence-corrected chi connectivity index (χ3v) is 3.42. The summed E-state index contributed by atoms with van der Waals surface area (Å²) in [5.41, 5.74) is 7.89. The molecule has 0 saturated carbocycles. The first-order valence-corrected chi connectivity index (χ1v) is 7.26. The fraction of sp³-hybridized carbons (Fsp3) is 0.278. The van der Waals surface area contributed by atoms with Gasteiger partial charge in [0.05, 0.1) is 12.7 Å². The fourth-order valence-electron chi connectivity index (χ4n) is 2.26. The number of nitrogens with two attached hydrogens (primary N) is 1. The van der Waals surface area contributed by atoms with Crippen molar-refractivity contribution in [3.05, 3.63) is 53.6 Å². The van der Waals surface area contributed by atoms with Crippen molar-refractivity contribution in [1.82, 2.24) is 0 Å². The zero-order chi connectivity index (χ0) is 16.1. The summed E-state index contributed by atoms with van der Waals surface area (Å²) in [6.07, 6.45) is -0.0115. The lowest BCUT2D eigenvalue weighted by Crippen LogP contribution is -2.27. The Morgan fingerprint density at radius 2 is 2.00 bits per heavy atom. The number of carbonyl (C=O) groups excluding carboxylic acids is 1. The van der Waals surface area contributed by atoms with Gasteiger partial charge < -0.3 is 15.2 Å². The molecule has 0 aliphatic rings. The van der Waals surface area contributed by atoms with Crippen LogP contribution in [0.2, 0.25) is 0 Å². The van der Waals surface area contributed by atoms with Crippen LogP contribution in [0.3, 0.4) is 0 Å². The molecule has 0 aliphatic heterocycles. The molecule has 0 saturated heterocycles. The van der Waals surface area contributed by atoms with Crippen molar-refractivity contribution in [1.29, 1.82) is 0 Å². The van der Waals surface area contributed by atoms with Gasteiger partial charge in [-0.1, -0.05) is 24.6 Å². The van der Waals surface area contributed by atoms with Crippen molar-refractivity contribution in [3.63, 3.8) is 0 Å². The van der Waals surface area contributed by atoms with Crippen molar-refractivity contribution >= 4 is 11.5 Å². The largest absolute Gasteiger partial charge is 0.496 e. The highest BCUT2D eigenvalue weighted by Gasteiger charge is 2.23. The van der Waals surface area contributed by atoms with Crippen LogP contribution in [0, 0.1) is 6.92 Å². The van der Waals surface area contributed by atoms with Crippen molar-refractivity contribution in [2.75, 3.05) is 12.8 Å². The van der Waals surface area contributed by atoms with Gasteiger partial charge in [-0.05, 0) is 37.6 Å². The Morgan fingerprint density at radius 3 is 2.64 bits per heavy atom. The SMILES string of the molecule is CCC(Oc1cccc(N)c1)C(=O)c1cc(C)ccc1OC. The van der Waals surface area contributed by atoms with Gasteiger partial charge >= 0.3 is 0 Å². The van der Waals surface area contributed by atoms with Crippen LogP contribution in [0.25, 0.3) is 0 Å². The van der Waals surface area contributed by atoms with Crippen LogP contribution in [-0.2, 0) is 0 Å². The molecule has 1 atom stereocenters. The standard InChI is InChI=1S/C18H21NO3/c1-4-16(22-14-7-5-6-13(19)11-14)18(20)15-10-12(2)8-9-17(15)21-3/h5-11,16H,4,19H2,1-3H3. The minimum atomic E-state index is -0.572. The number of methoxy groups -OCH3 is 1. The maximum Gasteiger partial charge on any atom is 0.207 e. The Hall–Kier alpha value is -2.49. The molecule has 0 aromatic heterocycles. The molecule has 2 aromatic rings. The summed E-state index contributed by atoms with van der Waals surface area (Å²) in [6.45, 7) is 3.85. The molecule has 0 heterocycles. The number of aryl methyl sites for hydroxylation is 1. The molecule has 22 heavy (non-hydrogen) atoms. The number of Topliss-reactive ketones (excluding diaryl/α,β-unsaturated/α-hetero) is 1. The van der Waals surface area contributed by atoms with E-state index in [1.807, 2.05) is 26.0 Å². The van der Waals surface area contributed by atoms with Gasteiger partial charge in [-0.3, -0.25) is 4.79 Å². The molecule has 4 heteroatoms. The Kier molecular flexibility index (Phi) is 5.04. The second-order valence-corrected chi connectivity index (χ2v) is 5.16. The molecule has 0 fully saturated rings. The molecule has 0 radical (unpaired) electrons. The van der Waals surface area contributed by atoms with Crippen LogP contribution >= 0.6 is 0 Å². The van der Waals surface area contributed by atoms with E-state index in [1.54, 1.807) is 37.4 Å². The maximum atomic E-state index is 12.8. The lowest BCUT2D eigenvalue weighted by molar-refractivity contribution is 0.0783. The summed E-state index contributed by atoms with van der Waals surface area (Å²) in [5, 5.41) is 0. The third kappa shape index (κ3) is 3.58. The van der Waals surface area contributed by atoms with Crippen molar-refractivity contribution < 1.29 is 14.3 Å². The topological polar surface area (TPSA) is 61.5 Å². The van der Waals surface area contributed by atoms with Gasteiger partial charge in [0.15, 0.2) is 6.10 Å². The Labute approximate surface area is 130 Å². The van der Waals surface area contributed by atoms with Gasteiger partial charge in [-0.15, -0.1) is 0 Å². The molecule has 0 spiro atoms. The van der Waals surface area contributed by atoms with E-state index in [9.17, 15) is 4.79 Å². The number of benzene rings is 2. The van der Waals surface area contributed by atoms with Gasteiger partial charge in [0.2, 0.25) is 5.78 Å². The molecular formula is C18H21NO3. The molecule has 116 valence electrons. The summed E-state index contributed by atoms with van der Waals surface area (Å²) < 4.78 is 11.1. The first-order valence-electron chi connectivity index (χ1n) is 7.26. The fourth-order valence-corrected chi connectivity index (χ4v) is 2.26. The highest BCUT2D eigenvalue weighted by molar-refractivity contribution is 6.02. The molecule has 2 aromatic carbocycles. The van der Waals surface area contributed by atoms with Gasteiger partial charge in [0.1, 0.15) is 11.5 Å². The number of rotatable bonds is 6. The predicted octanol–water partition coefficient (Wildman–Crippen LogP) is 3.63. The smallest absolute Gasteiger partial charge is 0.207 e. The summed E-state index contributed by atoms with van der Waals surface area (Å²) in [5.74, 6) is 1.06. The molecule has 0 bridgehead atoms. The molecule has 0 amide bonds. The summed E-state index contributed by atoms with van der Waals surface area (Å²) in [4.78, 5) is 12.8. The van der Waals surface area contributed by atoms with Gasteiger partial charge in [-0.25, -0.2) is 0 Å². The predicted molar refractivity (Wildman–Crippen MR) is 87.6 cm³/mol. The van der Waals surface area contributed by atoms with E-state index in [1.165, 1.54) is 0 Å². The van der Waals surface area contributed by atoms with Crippen LogP contribution in [-0.4, -0.2) is 19.0 Å². The number of nitrogen functional groups attached to an aromatic ring is 1. The average Bonchev–Trinajstić information content (AvgIpc) is 2.52. The van der Waals surface area contributed by atoms with Gasteiger partial charge in [0, 0.05) is 11.8 Å². The molecule has 1 unspecified atom stereocenters. The van der Waals surface area contributed by atoms with E-state index in [2.05, 4.69) is 0 Å². The number of anilines is 1. The van der Waals surface area contributed by atoms with Crippen LogP contribution in [0.1, 0.15) is 29.3 Å². The van der Waals surface area contributed by atoms with Gasteiger partial charge in [0.25, 0.3) is 0 Å². The summed E-state index contributed by atoms with van der Waals surface area (Å²) >= 11 is 0. The van der Waals surface area contributed by atoms with Crippen molar-refractivity contribution in [2.24, 2.45) is 0 Å². The third-order valence-electron chi connectivity index (χ3n) is 3.42. The lowest BCUT2D eigenvalue weighted by Gasteiger charge is -2.18. The van der Waals surface area contributed by atoms with Crippen LogP contribution < -0.4 is 15.2 Å². The minimum Gasteiger partial charge on any atom is -0.496 e. The zero-order valence-corrected chi connectivity index (χ0v) is 13.1. The first kappa shape index (κ1) is 15.9.